The second-order valence-corrected chi connectivity index (χ2v) is 5.90. The molecule has 1 saturated heterocycles. The van der Waals surface area contributed by atoms with Gasteiger partial charge in [0.15, 0.2) is 0 Å². The summed E-state index contributed by atoms with van der Waals surface area (Å²) in [4.78, 5) is 24.1. The first-order valence-corrected chi connectivity index (χ1v) is 7.92. The van der Waals surface area contributed by atoms with E-state index in [2.05, 4.69) is 10.6 Å². The maximum atomic E-state index is 12.4. The topological polar surface area (TPSA) is 76.7 Å². The predicted molar refractivity (Wildman–Crippen MR) is 87.8 cm³/mol. The van der Waals surface area contributed by atoms with Crippen molar-refractivity contribution in [3.05, 3.63) is 23.8 Å². The van der Waals surface area contributed by atoms with Crippen LogP contribution in [0, 0.1) is 5.92 Å². The normalized spacial score (nSPS) is 17.7. The maximum absolute atomic E-state index is 12.4. The highest BCUT2D eigenvalue weighted by atomic mass is 16.5. The lowest BCUT2D eigenvalue weighted by molar-refractivity contribution is -0.120. The van der Waals surface area contributed by atoms with Crippen LogP contribution in [0.1, 0.15) is 37.0 Å². The van der Waals surface area contributed by atoms with Crippen LogP contribution in [0.25, 0.3) is 0 Å². The second kappa shape index (κ2) is 7.97. The molecule has 6 nitrogen and oxygen atoms in total. The molecule has 126 valence electrons. The molecular weight excluding hydrogens is 296 g/mol. The Bertz CT molecular complexity index is 566. The fourth-order valence-electron chi connectivity index (χ4n) is 2.54. The monoisotopic (exact) mass is 320 g/mol. The Kier molecular flexibility index (Phi) is 5.98. The number of anilines is 1. The summed E-state index contributed by atoms with van der Waals surface area (Å²) in [6.45, 7) is 5.43. The van der Waals surface area contributed by atoms with E-state index in [4.69, 9.17) is 9.47 Å². The molecule has 0 aromatic heterocycles. The molecular formula is C17H24N2O4. The van der Waals surface area contributed by atoms with Gasteiger partial charge < -0.3 is 20.1 Å². The number of hydrogen-bond donors (Lipinski definition) is 2. The van der Waals surface area contributed by atoms with Crippen LogP contribution >= 0.6 is 0 Å². The first-order chi connectivity index (χ1) is 11.0. The molecule has 0 radical (unpaired) electrons. The molecule has 0 saturated carbocycles. The van der Waals surface area contributed by atoms with Gasteiger partial charge in [0.1, 0.15) is 5.75 Å². The molecule has 1 atom stereocenters. The van der Waals surface area contributed by atoms with Gasteiger partial charge in [-0.15, -0.1) is 0 Å². The van der Waals surface area contributed by atoms with E-state index in [9.17, 15) is 9.59 Å². The highest BCUT2D eigenvalue weighted by molar-refractivity contribution is 5.97. The van der Waals surface area contributed by atoms with Crippen LogP contribution in [-0.2, 0) is 9.53 Å². The Balaban J connectivity index is 2.21. The third-order valence-corrected chi connectivity index (χ3v) is 3.69. The fourth-order valence-corrected chi connectivity index (χ4v) is 2.54. The smallest absolute Gasteiger partial charge is 0.337 e. The Morgan fingerprint density at radius 2 is 2.13 bits per heavy atom. The molecule has 0 spiro atoms. The molecule has 0 aliphatic carbocycles. The standard InChI is InChI=1S/C17H24N2O4/c1-11(2)23-15-7-6-12(17(21)22-3)9-14(15)19-16(20)13-5-4-8-18-10-13/h6-7,9,11,13,18H,4-5,8,10H2,1-3H3,(H,19,20). The van der Waals surface area contributed by atoms with Gasteiger partial charge >= 0.3 is 5.97 Å². The van der Waals surface area contributed by atoms with Crippen LogP contribution in [0.2, 0.25) is 0 Å². The predicted octanol–water partition coefficient (Wildman–Crippen LogP) is 2.20. The highest BCUT2D eigenvalue weighted by Gasteiger charge is 2.22. The molecule has 1 aliphatic rings. The zero-order valence-electron chi connectivity index (χ0n) is 13.8. The van der Waals surface area contributed by atoms with Crippen molar-refractivity contribution >= 4 is 17.6 Å². The zero-order chi connectivity index (χ0) is 16.8. The number of hydrogen-bond acceptors (Lipinski definition) is 5. The quantitative estimate of drug-likeness (QED) is 0.813. The number of nitrogens with one attached hydrogen (secondary N) is 2. The lowest BCUT2D eigenvalue weighted by Crippen LogP contribution is -2.37. The number of benzene rings is 1. The Hall–Kier alpha value is -2.08. The Morgan fingerprint density at radius 1 is 1.35 bits per heavy atom. The number of carbonyl (C=O) groups excluding carboxylic acids is 2. The van der Waals surface area contributed by atoms with Gasteiger partial charge in [0.25, 0.3) is 0 Å². The van der Waals surface area contributed by atoms with E-state index in [1.165, 1.54) is 7.11 Å². The van der Waals surface area contributed by atoms with Crippen molar-refractivity contribution in [1.29, 1.82) is 0 Å². The first kappa shape index (κ1) is 17.3. The van der Waals surface area contributed by atoms with Crippen molar-refractivity contribution in [2.24, 2.45) is 5.92 Å². The van der Waals surface area contributed by atoms with Gasteiger partial charge in [-0.2, -0.15) is 0 Å². The van der Waals surface area contributed by atoms with Gasteiger partial charge in [-0.25, -0.2) is 4.79 Å². The average molecular weight is 320 g/mol. The Morgan fingerprint density at radius 3 is 2.74 bits per heavy atom. The summed E-state index contributed by atoms with van der Waals surface area (Å²) in [5, 5.41) is 6.11. The summed E-state index contributed by atoms with van der Waals surface area (Å²) in [5.41, 5.74) is 0.873. The zero-order valence-corrected chi connectivity index (χ0v) is 13.8. The van der Waals surface area contributed by atoms with Crippen LogP contribution in [0.5, 0.6) is 5.75 Å². The molecule has 0 bridgehead atoms. The lowest BCUT2D eigenvalue weighted by Gasteiger charge is -2.23. The minimum absolute atomic E-state index is 0.0361. The molecule has 1 unspecified atom stereocenters. The van der Waals surface area contributed by atoms with Crippen molar-refractivity contribution in [3.63, 3.8) is 0 Å². The summed E-state index contributed by atoms with van der Waals surface area (Å²) in [6.07, 6.45) is 1.80. The second-order valence-electron chi connectivity index (χ2n) is 5.90. The van der Waals surface area contributed by atoms with E-state index in [0.29, 0.717) is 23.5 Å². The van der Waals surface area contributed by atoms with Crippen LogP contribution < -0.4 is 15.4 Å². The number of methoxy groups -OCH3 is 1. The van der Waals surface area contributed by atoms with E-state index in [0.717, 1.165) is 19.4 Å². The SMILES string of the molecule is COC(=O)c1ccc(OC(C)C)c(NC(=O)C2CCCNC2)c1. The minimum atomic E-state index is -0.448. The maximum Gasteiger partial charge on any atom is 0.337 e. The summed E-state index contributed by atoms with van der Waals surface area (Å²) in [7, 11) is 1.33. The molecule has 1 amide bonds. The third kappa shape index (κ3) is 4.69. The van der Waals surface area contributed by atoms with Gasteiger partial charge in [-0.05, 0) is 51.4 Å². The Labute approximate surface area is 136 Å². The third-order valence-electron chi connectivity index (χ3n) is 3.69. The van der Waals surface area contributed by atoms with Crippen LogP contribution in [-0.4, -0.2) is 38.2 Å². The van der Waals surface area contributed by atoms with E-state index in [-0.39, 0.29) is 17.9 Å². The van der Waals surface area contributed by atoms with Gasteiger partial charge in [0.2, 0.25) is 5.91 Å². The van der Waals surface area contributed by atoms with Crippen LogP contribution in [0.4, 0.5) is 5.69 Å². The lowest BCUT2D eigenvalue weighted by atomic mass is 9.98. The van der Waals surface area contributed by atoms with Crippen molar-refractivity contribution in [2.45, 2.75) is 32.8 Å². The molecule has 2 N–H and O–H groups in total. The van der Waals surface area contributed by atoms with E-state index in [1.807, 2.05) is 13.8 Å². The highest BCUT2D eigenvalue weighted by Crippen LogP contribution is 2.28. The molecule has 1 aromatic carbocycles. The van der Waals surface area contributed by atoms with E-state index >= 15 is 0 Å². The summed E-state index contributed by atoms with van der Waals surface area (Å²) in [5.74, 6) is -0.0362. The molecule has 1 heterocycles. The summed E-state index contributed by atoms with van der Waals surface area (Å²) < 4.78 is 10.5. The minimum Gasteiger partial charge on any atom is -0.489 e. The van der Waals surface area contributed by atoms with Crippen molar-refractivity contribution in [1.82, 2.24) is 5.32 Å². The van der Waals surface area contributed by atoms with Gasteiger partial charge in [-0.1, -0.05) is 0 Å². The largest absolute Gasteiger partial charge is 0.489 e. The van der Waals surface area contributed by atoms with Crippen molar-refractivity contribution < 1.29 is 19.1 Å². The number of piperidine rings is 1. The van der Waals surface area contributed by atoms with Crippen molar-refractivity contribution in [2.75, 3.05) is 25.5 Å². The first-order valence-electron chi connectivity index (χ1n) is 7.92. The summed E-state index contributed by atoms with van der Waals surface area (Å²) in [6, 6.07) is 4.90. The molecule has 1 aliphatic heterocycles. The molecule has 6 heteroatoms. The summed E-state index contributed by atoms with van der Waals surface area (Å²) >= 11 is 0. The average Bonchev–Trinajstić information content (AvgIpc) is 2.56. The molecule has 1 aromatic rings. The van der Waals surface area contributed by atoms with E-state index in [1.54, 1.807) is 18.2 Å². The number of rotatable bonds is 5. The van der Waals surface area contributed by atoms with Crippen LogP contribution in [0.15, 0.2) is 18.2 Å². The molecule has 23 heavy (non-hydrogen) atoms. The van der Waals surface area contributed by atoms with Gasteiger partial charge in [0, 0.05) is 6.54 Å². The van der Waals surface area contributed by atoms with Gasteiger partial charge in [-0.3, -0.25) is 4.79 Å². The van der Waals surface area contributed by atoms with Crippen molar-refractivity contribution in [3.8, 4) is 5.75 Å². The molecule has 1 fully saturated rings. The number of ether oxygens (including phenoxy) is 2. The van der Waals surface area contributed by atoms with Crippen LogP contribution in [0.3, 0.4) is 0 Å². The van der Waals surface area contributed by atoms with Gasteiger partial charge in [0.05, 0.1) is 30.4 Å². The number of amides is 1. The molecule has 2 rings (SSSR count). The number of esters is 1. The fraction of sp³-hybridized carbons (Fsp3) is 0.529. The number of carbonyl (C=O) groups is 2. The van der Waals surface area contributed by atoms with E-state index < -0.39 is 5.97 Å².